The quantitative estimate of drug-likeness (QED) is 0.530. The van der Waals surface area contributed by atoms with E-state index < -0.39 is 10.8 Å². The highest BCUT2D eigenvalue weighted by molar-refractivity contribution is 7.87. The van der Waals surface area contributed by atoms with Crippen molar-refractivity contribution in [3.05, 3.63) is 60.0 Å². The van der Waals surface area contributed by atoms with Crippen molar-refractivity contribution < 1.29 is 4.21 Å². The van der Waals surface area contributed by atoms with Gasteiger partial charge in [-0.25, -0.2) is 0 Å². The van der Waals surface area contributed by atoms with Gasteiger partial charge in [0.05, 0.1) is 5.75 Å². The third-order valence-electron chi connectivity index (χ3n) is 1.94. The summed E-state index contributed by atoms with van der Waals surface area (Å²) in [5, 5.41) is 1.77. The van der Waals surface area contributed by atoms with Crippen LogP contribution in [0.25, 0.3) is 0 Å². The van der Waals surface area contributed by atoms with Crippen molar-refractivity contribution in [2.45, 2.75) is 18.6 Å². The van der Waals surface area contributed by atoms with Crippen molar-refractivity contribution in [2.24, 2.45) is 0 Å². The summed E-state index contributed by atoms with van der Waals surface area (Å²) in [6.45, 7) is 3.64. The SMILES string of the molecule is C=CCC/C=C/S(=O)Cc1ccccc1. The molecule has 80 valence electrons. The highest BCUT2D eigenvalue weighted by Crippen LogP contribution is 2.04. The second-order valence-electron chi connectivity index (χ2n) is 3.25. The first-order valence-corrected chi connectivity index (χ1v) is 6.40. The van der Waals surface area contributed by atoms with E-state index in [1.54, 1.807) is 5.41 Å². The molecular weight excluding hydrogens is 204 g/mol. The number of hydrogen-bond acceptors (Lipinski definition) is 1. The first kappa shape index (κ1) is 11.9. The summed E-state index contributed by atoms with van der Waals surface area (Å²) in [6.07, 6.45) is 5.69. The van der Waals surface area contributed by atoms with Crippen molar-refractivity contribution in [1.29, 1.82) is 0 Å². The molecule has 0 radical (unpaired) electrons. The van der Waals surface area contributed by atoms with E-state index in [1.165, 1.54) is 0 Å². The van der Waals surface area contributed by atoms with Gasteiger partial charge in [-0.2, -0.15) is 0 Å². The van der Waals surface area contributed by atoms with Gasteiger partial charge in [0.25, 0.3) is 0 Å². The van der Waals surface area contributed by atoms with Gasteiger partial charge in [-0.05, 0) is 23.8 Å². The summed E-state index contributed by atoms with van der Waals surface area (Å²) in [4.78, 5) is 0. The largest absolute Gasteiger partial charge is 0.255 e. The lowest BCUT2D eigenvalue weighted by molar-refractivity contribution is 0.688. The highest BCUT2D eigenvalue weighted by atomic mass is 32.2. The second-order valence-corrected chi connectivity index (χ2v) is 4.57. The van der Waals surface area contributed by atoms with Crippen LogP contribution < -0.4 is 0 Å². The number of benzene rings is 1. The molecule has 0 aliphatic carbocycles. The standard InChI is InChI=1S/C13H16OS/c1-2-3-4-8-11-15(14)12-13-9-6-5-7-10-13/h2,5-11H,1,3-4,12H2/b11-8+. The van der Waals surface area contributed by atoms with Crippen molar-refractivity contribution >= 4 is 10.8 Å². The first-order valence-electron chi connectivity index (χ1n) is 5.01. The molecule has 0 aliphatic rings. The van der Waals surface area contributed by atoms with Gasteiger partial charge in [0, 0.05) is 10.8 Å². The molecule has 0 aliphatic heterocycles. The molecule has 0 saturated carbocycles. The summed E-state index contributed by atoms with van der Waals surface area (Å²) in [6, 6.07) is 9.89. The fourth-order valence-electron chi connectivity index (χ4n) is 1.18. The van der Waals surface area contributed by atoms with Crippen LogP contribution in [0.2, 0.25) is 0 Å². The van der Waals surface area contributed by atoms with Crippen molar-refractivity contribution in [3.63, 3.8) is 0 Å². The molecule has 0 N–H and O–H groups in total. The maximum Gasteiger partial charge on any atom is 0.0526 e. The second kappa shape index (κ2) is 7.18. The van der Waals surface area contributed by atoms with Gasteiger partial charge in [-0.15, -0.1) is 6.58 Å². The van der Waals surface area contributed by atoms with E-state index in [9.17, 15) is 4.21 Å². The van der Waals surface area contributed by atoms with E-state index >= 15 is 0 Å². The Kier molecular flexibility index (Phi) is 5.71. The van der Waals surface area contributed by atoms with Crippen LogP contribution in [0.15, 0.2) is 54.5 Å². The molecule has 0 heterocycles. The summed E-state index contributed by atoms with van der Waals surface area (Å²) >= 11 is 0. The van der Waals surface area contributed by atoms with Crippen molar-refractivity contribution in [2.75, 3.05) is 0 Å². The normalized spacial score (nSPS) is 12.8. The molecule has 2 heteroatoms. The Balaban J connectivity index is 2.36. The van der Waals surface area contributed by atoms with Crippen LogP contribution in [-0.4, -0.2) is 4.21 Å². The highest BCUT2D eigenvalue weighted by Gasteiger charge is 1.95. The molecule has 0 amide bonds. The molecule has 1 rings (SSSR count). The first-order chi connectivity index (χ1) is 7.33. The Bertz CT molecular complexity index is 341. The zero-order chi connectivity index (χ0) is 10.9. The lowest BCUT2D eigenvalue weighted by Crippen LogP contribution is -1.90. The molecule has 1 unspecified atom stereocenters. The maximum absolute atomic E-state index is 11.6. The number of unbranched alkanes of at least 4 members (excludes halogenated alkanes) is 1. The van der Waals surface area contributed by atoms with Gasteiger partial charge >= 0.3 is 0 Å². The smallest absolute Gasteiger partial charge is 0.0526 e. The third kappa shape index (κ3) is 5.33. The van der Waals surface area contributed by atoms with Crippen LogP contribution in [0.1, 0.15) is 18.4 Å². The van der Waals surface area contributed by atoms with E-state index in [4.69, 9.17) is 0 Å². The lowest BCUT2D eigenvalue weighted by Gasteiger charge is -1.96. The molecule has 0 bridgehead atoms. The van der Waals surface area contributed by atoms with Gasteiger partial charge < -0.3 is 0 Å². The Morgan fingerprint density at radius 3 is 2.60 bits per heavy atom. The minimum absolute atomic E-state index is 0.603. The summed E-state index contributed by atoms with van der Waals surface area (Å²) < 4.78 is 11.6. The fourth-order valence-corrected chi connectivity index (χ4v) is 2.14. The Hall–Kier alpha value is -1.15. The van der Waals surface area contributed by atoms with Crippen LogP contribution in [0, 0.1) is 0 Å². The zero-order valence-electron chi connectivity index (χ0n) is 8.76. The Morgan fingerprint density at radius 1 is 1.20 bits per heavy atom. The zero-order valence-corrected chi connectivity index (χ0v) is 9.58. The predicted molar refractivity (Wildman–Crippen MR) is 66.9 cm³/mol. The molecule has 0 fully saturated rings. The maximum atomic E-state index is 11.6. The summed E-state index contributed by atoms with van der Waals surface area (Å²) in [5.74, 6) is 0.603. The van der Waals surface area contributed by atoms with Gasteiger partial charge in [0.2, 0.25) is 0 Å². The lowest BCUT2D eigenvalue weighted by atomic mass is 10.2. The Labute approximate surface area is 94.0 Å². The van der Waals surface area contributed by atoms with E-state index in [-0.39, 0.29) is 0 Å². The van der Waals surface area contributed by atoms with Gasteiger partial charge in [-0.3, -0.25) is 4.21 Å². The number of rotatable bonds is 6. The molecule has 1 atom stereocenters. The Morgan fingerprint density at radius 2 is 1.93 bits per heavy atom. The molecule has 0 spiro atoms. The van der Waals surface area contributed by atoms with Crippen LogP contribution >= 0.6 is 0 Å². The van der Waals surface area contributed by atoms with Gasteiger partial charge in [0.1, 0.15) is 0 Å². The van der Waals surface area contributed by atoms with Crippen LogP contribution in [-0.2, 0) is 16.6 Å². The minimum atomic E-state index is -0.889. The van der Waals surface area contributed by atoms with Crippen LogP contribution in [0.4, 0.5) is 0 Å². The van der Waals surface area contributed by atoms with E-state index in [1.807, 2.05) is 42.5 Å². The van der Waals surface area contributed by atoms with Crippen LogP contribution in [0.3, 0.4) is 0 Å². The molecule has 1 nitrogen and oxygen atoms in total. The topological polar surface area (TPSA) is 17.1 Å². The van der Waals surface area contributed by atoms with E-state index in [0.717, 1.165) is 18.4 Å². The summed E-state index contributed by atoms with van der Waals surface area (Å²) in [5.41, 5.74) is 1.12. The monoisotopic (exact) mass is 220 g/mol. The van der Waals surface area contributed by atoms with Crippen LogP contribution in [0.5, 0.6) is 0 Å². The molecule has 15 heavy (non-hydrogen) atoms. The number of hydrogen-bond donors (Lipinski definition) is 0. The third-order valence-corrected chi connectivity index (χ3v) is 3.05. The molecule has 0 aromatic heterocycles. The van der Waals surface area contributed by atoms with Crippen molar-refractivity contribution in [1.82, 2.24) is 0 Å². The van der Waals surface area contributed by atoms with E-state index in [0.29, 0.717) is 5.75 Å². The van der Waals surface area contributed by atoms with E-state index in [2.05, 4.69) is 6.58 Å². The minimum Gasteiger partial charge on any atom is -0.255 e. The van der Waals surface area contributed by atoms with Gasteiger partial charge in [-0.1, -0.05) is 42.5 Å². The van der Waals surface area contributed by atoms with Gasteiger partial charge in [0.15, 0.2) is 0 Å². The summed E-state index contributed by atoms with van der Waals surface area (Å²) in [7, 11) is -0.889. The predicted octanol–water partition coefficient (Wildman–Crippen LogP) is 3.42. The average molecular weight is 220 g/mol. The fraction of sp³-hybridized carbons (Fsp3) is 0.231. The molecular formula is C13H16OS. The number of allylic oxidation sites excluding steroid dienone is 2. The average Bonchev–Trinajstić information content (AvgIpc) is 2.26. The molecule has 1 aromatic rings. The molecule has 1 aromatic carbocycles. The molecule has 0 saturated heterocycles. The van der Waals surface area contributed by atoms with Crippen molar-refractivity contribution in [3.8, 4) is 0 Å².